The second kappa shape index (κ2) is 4.65. The summed E-state index contributed by atoms with van der Waals surface area (Å²) in [7, 11) is 0. The Balaban J connectivity index is 2.19. The number of nitrogens with zero attached hydrogens (tertiary/aromatic N) is 2. The number of carbonyl (C=O) groups excluding carboxylic acids is 1. The molecule has 0 N–H and O–H groups in total. The van der Waals surface area contributed by atoms with Crippen LogP contribution in [0.1, 0.15) is 39.6 Å². The molecule has 0 amide bonds. The normalized spacial score (nSPS) is 14.7. The van der Waals surface area contributed by atoms with Crippen molar-refractivity contribution in [3.63, 3.8) is 0 Å². The van der Waals surface area contributed by atoms with Gasteiger partial charge in [-0.05, 0) is 42.8 Å². The molecule has 1 aliphatic rings. The highest BCUT2D eigenvalue weighted by Crippen LogP contribution is 2.48. The van der Waals surface area contributed by atoms with Gasteiger partial charge in [0.25, 0.3) is 0 Å². The lowest BCUT2D eigenvalue weighted by molar-refractivity contribution is 0.112. The molecule has 19 heavy (non-hydrogen) atoms. The van der Waals surface area contributed by atoms with Crippen LogP contribution in [-0.4, -0.2) is 16.3 Å². The molecule has 0 saturated heterocycles. The van der Waals surface area contributed by atoms with Gasteiger partial charge in [-0.15, -0.1) is 11.3 Å². The Labute approximate surface area is 118 Å². The first kappa shape index (κ1) is 12.7. The van der Waals surface area contributed by atoms with Crippen LogP contribution in [0.2, 0.25) is 5.28 Å². The lowest BCUT2D eigenvalue weighted by Gasteiger charge is -2.01. The van der Waals surface area contributed by atoms with Crippen LogP contribution in [0.3, 0.4) is 0 Å². The third-order valence-corrected chi connectivity index (χ3v) is 4.88. The van der Waals surface area contributed by atoms with Crippen molar-refractivity contribution in [1.82, 2.24) is 9.97 Å². The third kappa shape index (κ3) is 2.17. The van der Waals surface area contributed by atoms with Crippen molar-refractivity contribution in [2.75, 3.05) is 0 Å². The average molecular weight is 297 g/mol. The number of aromatic nitrogens is 2. The summed E-state index contributed by atoms with van der Waals surface area (Å²) in [4.78, 5) is 20.5. The Bertz CT molecular complexity index is 667. The predicted molar refractivity (Wildman–Crippen MR) is 72.4 cm³/mol. The minimum atomic E-state index is -0.520. The molecule has 2 aromatic rings. The van der Waals surface area contributed by atoms with E-state index >= 15 is 0 Å². The van der Waals surface area contributed by atoms with Gasteiger partial charge in [-0.1, -0.05) is 0 Å². The number of thiophene rings is 1. The van der Waals surface area contributed by atoms with Crippen LogP contribution in [0.5, 0.6) is 0 Å². The third-order valence-electron chi connectivity index (χ3n) is 3.22. The van der Waals surface area contributed by atoms with Crippen LogP contribution in [-0.2, 0) is 0 Å². The largest absolute Gasteiger partial charge is 0.298 e. The summed E-state index contributed by atoms with van der Waals surface area (Å²) in [6.07, 6.45) is 4.09. The van der Waals surface area contributed by atoms with Gasteiger partial charge in [-0.3, -0.25) is 4.79 Å². The highest BCUT2D eigenvalue weighted by Gasteiger charge is 2.31. The van der Waals surface area contributed by atoms with Crippen molar-refractivity contribution >= 4 is 29.2 Å². The van der Waals surface area contributed by atoms with Gasteiger partial charge < -0.3 is 0 Å². The van der Waals surface area contributed by atoms with Gasteiger partial charge in [0, 0.05) is 10.4 Å². The van der Waals surface area contributed by atoms with E-state index in [1.807, 2.05) is 6.92 Å². The Morgan fingerprint density at radius 1 is 1.53 bits per heavy atom. The van der Waals surface area contributed by atoms with Crippen molar-refractivity contribution < 1.29 is 9.18 Å². The van der Waals surface area contributed by atoms with E-state index in [1.165, 1.54) is 11.3 Å². The molecule has 0 bridgehead atoms. The van der Waals surface area contributed by atoms with E-state index in [1.54, 1.807) is 0 Å². The highest BCUT2D eigenvalue weighted by molar-refractivity contribution is 7.16. The minimum absolute atomic E-state index is 0.00447. The molecule has 0 radical (unpaired) electrons. The molecule has 0 atom stereocenters. The second-order valence-electron chi connectivity index (χ2n) is 4.56. The summed E-state index contributed by atoms with van der Waals surface area (Å²) in [6, 6.07) is 0. The second-order valence-corrected chi connectivity index (χ2v) is 5.95. The predicted octanol–water partition coefficient (Wildman–Crippen LogP) is 4.00. The molecule has 3 rings (SSSR count). The lowest BCUT2D eigenvalue weighted by Crippen LogP contribution is -1.93. The molecule has 0 unspecified atom stereocenters. The first-order valence-corrected chi connectivity index (χ1v) is 7.08. The van der Waals surface area contributed by atoms with E-state index in [-0.39, 0.29) is 11.0 Å². The maximum absolute atomic E-state index is 13.8. The molecule has 98 valence electrons. The van der Waals surface area contributed by atoms with Gasteiger partial charge in [-0.25, -0.2) is 14.4 Å². The first-order valence-electron chi connectivity index (χ1n) is 5.88. The van der Waals surface area contributed by atoms with Crippen molar-refractivity contribution in [2.24, 2.45) is 0 Å². The number of carbonyl (C=O) groups is 1. The molecule has 3 nitrogen and oxygen atoms in total. The number of halogens is 2. The highest BCUT2D eigenvalue weighted by atomic mass is 35.5. The smallest absolute Gasteiger partial charge is 0.223 e. The molecule has 1 aliphatic carbocycles. The Morgan fingerprint density at radius 2 is 2.26 bits per heavy atom. The van der Waals surface area contributed by atoms with Crippen molar-refractivity contribution in [3.8, 4) is 10.6 Å². The Kier molecular flexibility index (Phi) is 3.11. The molecule has 6 heteroatoms. The molecule has 1 fully saturated rings. The summed E-state index contributed by atoms with van der Waals surface area (Å²) in [5, 5.41) is 0.00447. The van der Waals surface area contributed by atoms with Crippen LogP contribution >= 0.6 is 22.9 Å². The van der Waals surface area contributed by atoms with Gasteiger partial charge in [-0.2, -0.15) is 0 Å². The molecule has 0 spiro atoms. The quantitative estimate of drug-likeness (QED) is 0.635. The SMILES string of the molecule is Cc1c(-c2nc(Cl)ncc2F)sc(C2CC2)c1C=O. The number of rotatable bonds is 3. The molecule has 0 aliphatic heterocycles. The summed E-state index contributed by atoms with van der Waals surface area (Å²) >= 11 is 7.16. The van der Waals surface area contributed by atoms with E-state index in [0.29, 0.717) is 16.4 Å². The fourth-order valence-corrected chi connectivity index (χ4v) is 3.64. The molecule has 1 saturated carbocycles. The Morgan fingerprint density at radius 3 is 2.89 bits per heavy atom. The van der Waals surface area contributed by atoms with Crippen LogP contribution in [0.25, 0.3) is 10.6 Å². The fraction of sp³-hybridized carbons (Fsp3) is 0.308. The van der Waals surface area contributed by atoms with Crippen molar-refractivity contribution in [3.05, 3.63) is 33.3 Å². The topological polar surface area (TPSA) is 42.9 Å². The number of hydrogen-bond acceptors (Lipinski definition) is 4. The van der Waals surface area contributed by atoms with E-state index in [2.05, 4.69) is 9.97 Å². The summed E-state index contributed by atoms with van der Waals surface area (Å²) in [5.74, 6) is -0.0773. The van der Waals surface area contributed by atoms with Crippen LogP contribution < -0.4 is 0 Å². The van der Waals surface area contributed by atoms with Gasteiger partial charge in [0.1, 0.15) is 5.69 Å². The molecular weight excluding hydrogens is 287 g/mol. The van der Waals surface area contributed by atoms with E-state index in [0.717, 1.165) is 35.8 Å². The summed E-state index contributed by atoms with van der Waals surface area (Å²) in [6.45, 7) is 1.82. The molecule has 0 aromatic carbocycles. The maximum Gasteiger partial charge on any atom is 0.223 e. The number of hydrogen-bond donors (Lipinski definition) is 0. The van der Waals surface area contributed by atoms with Crippen molar-refractivity contribution in [1.29, 1.82) is 0 Å². The summed E-state index contributed by atoms with van der Waals surface area (Å²) in [5.41, 5.74) is 1.63. The Hall–Kier alpha value is -1.33. The van der Waals surface area contributed by atoms with Crippen molar-refractivity contribution in [2.45, 2.75) is 25.7 Å². The van der Waals surface area contributed by atoms with Gasteiger partial charge in [0.05, 0.1) is 11.1 Å². The van der Waals surface area contributed by atoms with Crippen LogP contribution in [0.4, 0.5) is 4.39 Å². The zero-order valence-corrected chi connectivity index (χ0v) is 11.7. The average Bonchev–Trinajstić information content (AvgIpc) is 3.17. The maximum atomic E-state index is 13.8. The lowest BCUT2D eigenvalue weighted by atomic mass is 10.1. The van der Waals surface area contributed by atoms with Crippen LogP contribution in [0.15, 0.2) is 6.20 Å². The zero-order chi connectivity index (χ0) is 13.6. The molecular formula is C13H10ClFN2OS. The van der Waals surface area contributed by atoms with E-state index < -0.39 is 5.82 Å². The first-order chi connectivity index (χ1) is 9.11. The van der Waals surface area contributed by atoms with E-state index in [9.17, 15) is 9.18 Å². The monoisotopic (exact) mass is 296 g/mol. The van der Waals surface area contributed by atoms with Crippen LogP contribution in [0, 0.1) is 12.7 Å². The molecule has 2 heterocycles. The zero-order valence-electron chi connectivity index (χ0n) is 10.1. The van der Waals surface area contributed by atoms with E-state index in [4.69, 9.17) is 11.6 Å². The fourth-order valence-electron chi connectivity index (χ4n) is 2.07. The van der Waals surface area contributed by atoms with Gasteiger partial charge >= 0.3 is 0 Å². The molecule has 2 aromatic heterocycles. The summed E-state index contributed by atoms with van der Waals surface area (Å²) < 4.78 is 13.8. The minimum Gasteiger partial charge on any atom is -0.298 e. The van der Waals surface area contributed by atoms with Gasteiger partial charge in [0.15, 0.2) is 12.1 Å². The standard InChI is InChI=1S/C13H10ClFN2OS/c1-6-8(5-18)12(7-2-3-7)19-11(6)10-9(15)4-16-13(14)17-10/h4-5,7H,2-3H2,1H3. The van der Waals surface area contributed by atoms with Gasteiger partial charge in [0.2, 0.25) is 5.28 Å². The number of aldehydes is 1.